The molecule has 2 saturated heterocycles. The van der Waals surface area contributed by atoms with E-state index in [0.29, 0.717) is 12.5 Å². The second kappa shape index (κ2) is 8.11. The van der Waals surface area contributed by atoms with Gasteiger partial charge in [0.2, 0.25) is 0 Å². The molecule has 2 aliphatic rings. The van der Waals surface area contributed by atoms with E-state index in [0.717, 1.165) is 52.0 Å². The van der Waals surface area contributed by atoms with Crippen LogP contribution in [0.15, 0.2) is 0 Å². The van der Waals surface area contributed by atoms with E-state index < -0.39 is 0 Å². The second-order valence-electron chi connectivity index (χ2n) is 6.65. The van der Waals surface area contributed by atoms with E-state index in [9.17, 15) is 4.79 Å². The summed E-state index contributed by atoms with van der Waals surface area (Å²) in [5, 5.41) is 0. The van der Waals surface area contributed by atoms with Crippen molar-refractivity contribution in [2.45, 2.75) is 45.3 Å². The highest BCUT2D eigenvalue weighted by Crippen LogP contribution is 2.24. The molecule has 5 nitrogen and oxygen atoms in total. The van der Waals surface area contributed by atoms with Crippen LogP contribution in [0.2, 0.25) is 0 Å². The van der Waals surface area contributed by atoms with E-state index in [1.807, 2.05) is 0 Å². The number of esters is 1. The Hall–Kier alpha value is -0.650. The molecule has 0 radical (unpaired) electrons. The first-order chi connectivity index (χ1) is 10.1. The molecule has 5 heteroatoms. The normalized spacial score (nSPS) is 28.8. The lowest BCUT2D eigenvalue weighted by molar-refractivity contribution is -0.168. The summed E-state index contributed by atoms with van der Waals surface area (Å²) in [6, 6.07) is 0. The molecule has 2 rings (SSSR count). The van der Waals surface area contributed by atoms with Crippen molar-refractivity contribution in [2.24, 2.45) is 5.92 Å². The molecule has 2 heterocycles. The number of carbonyl (C=O) groups excluding carboxylic acids is 1. The van der Waals surface area contributed by atoms with Crippen LogP contribution in [0.25, 0.3) is 0 Å². The van der Waals surface area contributed by atoms with Crippen LogP contribution >= 0.6 is 0 Å². The summed E-state index contributed by atoms with van der Waals surface area (Å²) in [6.45, 7) is 9.91. The van der Waals surface area contributed by atoms with Gasteiger partial charge in [-0.25, -0.2) is 4.79 Å². The number of hydrogen-bond acceptors (Lipinski definition) is 5. The van der Waals surface area contributed by atoms with Gasteiger partial charge in [-0.2, -0.15) is 0 Å². The predicted molar refractivity (Wildman–Crippen MR) is 82.2 cm³/mol. The first-order valence-corrected chi connectivity index (χ1v) is 8.29. The standard InChI is InChI=1S/C16H30N2O3/c1-13(2)14-5-4-6-15(21-14)16(19)20-12-11-18-9-7-17(3)8-10-18/h13-15H,4-12H2,1-3H3. The molecule has 2 unspecified atom stereocenters. The smallest absolute Gasteiger partial charge is 0.335 e. The van der Waals surface area contributed by atoms with Crippen LogP contribution in [0, 0.1) is 5.92 Å². The summed E-state index contributed by atoms with van der Waals surface area (Å²) in [6.07, 6.45) is 2.77. The Morgan fingerprint density at radius 3 is 2.62 bits per heavy atom. The lowest BCUT2D eigenvalue weighted by Gasteiger charge is -2.33. The maximum Gasteiger partial charge on any atom is 0.335 e. The van der Waals surface area contributed by atoms with Crippen LogP contribution in [-0.2, 0) is 14.3 Å². The molecule has 0 amide bonds. The largest absolute Gasteiger partial charge is 0.462 e. The van der Waals surface area contributed by atoms with E-state index in [1.165, 1.54) is 0 Å². The van der Waals surface area contributed by atoms with Crippen LogP contribution in [0.5, 0.6) is 0 Å². The van der Waals surface area contributed by atoms with Gasteiger partial charge in [0.25, 0.3) is 0 Å². The zero-order valence-corrected chi connectivity index (χ0v) is 13.7. The molecule has 0 saturated carbocycles. The minimum atomic E-state index is -0.348. The highest BCUT2D eigenvalue weighted by atomic mass is 16.6. The van der Waals surface area contributed by atoms with Gasteiger partial charge >= 0.3 is 5.97 Å². The minimum Gasteiger partial charge on any atom is -0.462 e. The number of likely N-dealkylation sites (N-methyl/N-ethyl adjacent to an activating group) is 1. The zero-order valence-electron chi connectivity index (χ0n) is 13.7. The molecule has 0 spiro atoms. The number of carbonyl (C=O) groups is 1. The van der Waals surface area contributed by atoms with Crippen molar-refractivity contribution in [3.05, 3.63) is 0 Å². The van der Waals surface area contributed by atoms with Crippen LogP contribution in [0.1, 0.15) is 33.1 Å². The number of nitrogens with zero attached hydrogens (tertiary/aromatic N) is 2. The number of rotatable bonds is 5. The highest BCUT2D eigenvalue weighted by molar-refractivity contribution is 5.74. The molecule has 0 aromatic rings. The number of hydrogen-bond donors (Lipinski definition) is 0. The van der Waals surface area contributed by atoms with Crippen molar-refractivity contribution < 1.29 is 14.3 Å². The second-order valence-corrected chi connectivity index (χ2v) is 6.65. The maximum atomic E-state index is 12.1. The summed E-state index contributed by atoms with van der Waals surface area (Å²) in [7, 11) is 2.14. The van der Waals surface area contributed by atoms with E-state index in [2.05, 4.69) is 30.7 Å². The summed E-state index contributed by atoms with van der Waals surface area (Å²) in [5.74, 6) is 0.292. The summed E-state index contributed by atoms with van der Waals surface area (Å²) in [4.78, 5) is 16.8. The Kier molecular flexibility index (Phi) is 6.45. The molecule has 2 aliphatic heterocycles. The summed E-state index contributed by atoms with van der Waals surface area (Å²) < 4.78 is 11.3. The van der Waals surface area contributed by atoms with E-state index in [1.54, 1.807) is 0 Å². The minimum absolute atomic E-state index is 0.172. The summed E-state index contributed by atoms with van der Waals surface area (Å²) in [5.41, 5.74) is 0. The van der Waals surface area contributed by atoms with Crippen molar-refractivity contribution in [3.8, 4) is 0 Å². The predicted octanol–water partition coefficient (Wildman–Crippen LogP) is 1.37. The molecule has 122 valence electrons. The maximum absolute atomic E-state index is 12.1. The molecule has 0 aromatic heterocycles. The lowest BCUT2D eigenvalue weighted by Crippen LogP contribution is -2.46. The molecular weight excluding hydrogens is 268 g/mol. The van der Waals surface area contributed by atoms with Crippen molar-refractivity contribution in [2.75, 3.05) is 46.4 Å². The fourth-order valence-electron chi connectivity index (χ4n) is 2.96. The lowest BCUT2D eigenvalue weighted by atomic mass is 9.96. The average molecular weight is 298 g/mol. The fraction of sp³-hybridized carbons (Fsp3) is 0.938. The average Bonchev–Trinajstić information content (AvgIpc) is 2.49. The van der Waals surface area contributed by atoms with Gasteiger partial charge < -0.3 is 14.4 Å². The van der Waals surface area contributed by atoms with Crippen LogP contribution in [0.3, 0.4) is 0 Å². The third kappa shape index (κ3) is 5.24. The molecule has 0 bridgehead atoms. The van der Waals surface area contributed by atoms with Gasteiger partial charge in [-0.05, 0) is 32.2 Å². The van der Waals surface area contributed by atoms with Crippen molar-refractivity contribution >= 4 is 5.97 Å². The van der Waals surface area contributed by atoms with E-state index >= 15 is 0 Å². The topological polar surface area (TPSA) is 42.0 Å². The first kappa shape index (κ1) is 16.7. The van der Waals surface area contributed by atoms with Crippen molar-refractivity contribution in [3.63, 3.8) is 0 Å². The molecule has 2 atom stereocenters. The number of piperazine rings is 1. The third-order valence-corrected chi connectivity index (χ3v) is 4.55. The van der Waals surface area contributed by atoms with Gasteiger partial charge in [-0.15, -0.1) is 0 Å². The van der Waals surface area contributed by atoms with Crippen molar-refractivity contribution in [1.82, 2.24) is 9.80 Å². The molecule has 21 heavy (non-hydrogen) atoms. The van der Waals surface area contributed by atoms with Gasteiger partial charge in [0.15, 0.2) is 6.10 Å². The van der Waals surface area contributed by atoms with E-state index in [-0.39, 0.29) is 18.2 Å². The summed E-state index contributed by atoms with van der Waals surface area (Å²) >= 11 is 0. The van der Waals surface area contributed by atoms with E-state index in [4.69, 9.17) is 9.47 Å². The Bertz CT molecular complexity index is 327. The monoisotopic (exact) mass is 298 g/mol. The van der Waals surface area contributed by atoms with Gasteiger partial charge in [0, 0.05) is 32.7 Å². The van der Waals surface area contributed by atoms with Crippen LogP contribution in [-0.4, -0.2) is 74.4 Å². The first-order valence-electron chi connectivity index (χ1n) is 8.29. The van der Waals surface area contributed by atoms with Crippen molar-refractivity contribution in [1.29, 1.82) is 0 Å². The van der Waals surface area contributed by atoms with Gasteiger partial charge in [0.1, 0.15) is 6.61 Å². The van der Waals surface area contributed by atoms with Crippen LogP contribution in [0.4, 0.5) is 0 Å². The molecular formula is C16H30N2O3. The zero-order chi connectivity index (χ0) is 15.2. The van der Waals surface area contributed by atoms with Gasteiger partial charge in [-0.3, -0.25) is 4.90 Å². The molecule has 0 aromatic carbocycles. The molecule has 2 fully saturated rings. The Morgan fingerprint density at radius 1 is 1.24 bits per heavy atom. The quantitative estimate of drug-likeness (QED) is 0.717. The van der Waals surface area contributed by atoms with Gasteiger partial charge in [0.05, 0.1) is 6.10 Å². The fourth-order valence-corrected chi connectivity index (χ4v) is 2.96. The SMILES string of the molecule is CC(C)C1CCCC(C(=O)OCCN2CCN(C)CC2)O1. The Morgan fingerprint density at radius 2 is 1.95 bits per heavy atom. The third-order valence-electron chi connectivity index (χ3n) is 4.55. The molecule has 0 aliphatic carbocycles. The highest BCUT2D eigenvalue weighted by Gasteiger charge is 2.30. The van der Waals surface area contributed by atoms with Crippen LogP contribution < -0.4 is 0 Å². The Balaban J connectivity index is 1.65. The molecule has 0 N–H and O–H groups in total. The van der Waals surface area contributed by atoms with Gasteiger partial charge in [-0.1, -0.05) is 13.8 Å². The number of ether oxygens (including phenoxy) is 2. The Labute approximate surface area is 128 Å².